The van der Waals surface area contributed by atoms with Gasteiger partial charge in [0.1, 0.15) is 0 Å². The number of halogens is 6. The monoisotopic (exact) mass is 598 g/mol. The molecule has 0 atom stereocenters. The second kappa shape index (κ2) is 12.8. The molecule has 0 fully saturated rings. The van der Waals surface area contributed by atoms with Crippen LogP contribution in [0, 0.1) is 0 Å². The number of amides is 1. The summed E-state index contributed by atoms with van der Waals surface area (Å²) in [7, 11) is 0. The van der Waals surface area contributed by atoms with Gasteiger partial charge in [-0.05, 0) is 30.2 Å². The molecule has 0 radical (unpaired) electrons. The second-order valence-electron chi connectivity index (χ2n) is 9.14. The van der Waals surface area contributed by atoms with Crippen molar-refractivity contribution in [1.82, 2.24) is 29.5 Å². The van der Waals surface area contributed by atoms with Crippen molar-refractivity contribution in [2.75, 3.05) is 31.6 Å². The van der Waals surface area contributed by atoms with Crippen LogP contribution in [-0.4, -0.2) is 62.5 Å². The fourth-order valence-corrected chi connectivity index (χ4v) is 4.22. The molecule has 4 N–H and O–H groups in total. The quantitative estimate of drug-likeness (QED) is 0.161. The summed E-state index contributed by atoms with van der Waals surface area (Å²) in [6.07, 6.45) is -5.45. The lowest BCUT2D eigenvalue weighted by molar-refractivity contribution is -0.141. The molecule has 1 amide bonds. The Balaban J connectivity index is 1.59. The molecule has 0 spiro atoms. The van der Waals surface area contributed by atoms with Crippen LogP contribution < -0.4 is 16.4 Å². The number of nitrogens with zero attached hydrogens (tertiary/aromatic N) is 5. The third-order valence-corrected chi connectivity index (χ3v) is 6.15. The van der Waals surface area contributed by atoms with E-state index < -0.39 is 36.6 Å². The van der Waals surface area contributed by atoms with Crippen molar-refractivity contribution in [2.24, 2.45) is 5.73 Å². The summed E-state index contributed by atoms with van der Waals surface area (Å²) < 4.78 is 86.6. The predicted octanol–water partition coefficient (Wildman–Crippen LogP) is 4.58. The molecule has 226 valence electrons. The maximum atomic E-state index is 13.8. The summed E-state index contributed by atoms with van der Waals surface area (Å²) in [4.78, 5) is 21.1. The van der Waals surface area contributed by atoms with Crippen molar-refractivity contribution in [2.45, 2.75) is 38.7 Å². The van der Waals surface area contributed by atoms with Gasteiger partial charge in [-0.2, -0.15) is 31.4 Å². The fourth-order valence-electron chi connectivity index (χ4n) is 4.22. The van der Waals surface area contributed by atoms with Crippen molar-refractivity contribution in [3.05, 3.63) is 59.8 Å². The Morgan fingerprint density at radius 2 is 1.90 bits per heavy atom. The molecule has 16 heteroatoms. The van der Waals surface area contributed by atoms with Gasteiger partial charge in [-0.3, -0.25) is 13.9 Å². The summed E-state index contributed by atoms with van der Waals surface area (Å²) in [5, 5.41) is 9.25. The standard InChI is InChI=1S/C26H28F6N8O2/c1-2-16-13-17(3-4-18(16)24(41)35-8-12-42-11-6-33)37-22-23-36-14-20(40(23)10-7-34-22)19-15-39(9-5-25(27,28)29)38-21(19)26(30,31)32/h3-4,7,10,13-15H,2,5-6,8-9,11-12,33H2,1H3,(H,34,37)(H,35,41). The number of aromatic nitrogens is 5. The topological polar surface area (TPSA) is 124 Å². The van der Waals surface area contributed by atoms with E-state index in [1.54, 1.807) is 18.2 Å². The van der Waals surface area contributed by atoms with Crippen LogP contribution in [0.1, 0.15) is 35.0 Å². The first-order valence-electron chi connectivity index (χ1n) is 12.9. The molecule has 4 aromatic rings. The number of alkyl halides is 6. The molecule has 0 unspecified atom stereocenters. The SMILES string of the molecule is CCc1cc(Nc2nccn3c(-c4cn(CCC(F)(F)F)nc4C(F)(F)F)cnc23)ccc1C(=O)NCCOCCN. The van der Waals surface area contributed by atoms with Crippen LogP contribution in [0.3, 0.4) is 0 Å². The zero-order chi connectivity index (χ0) is 30.5. The molecule has 3 aromatic heterocycles. The van der Waals surface area contributed by atoms with Crippen LogP contribution in [0.25, 0.3) is 16.9 Å². The number of carbonyl (C=O) groups excluding carboxylic acids is 1. The lowest BCUT2D eigenvalue weighted by Gasteiger charge is -2.13. The molecule has 10 nitrogen and oxygen atoms in total. The number of benzene rings is 1. The van der Waals surface area contributed by atoms with Crippen LogP contribution >= 0.6 is 0 Å². The van der Waals surface area contributed by atoms with E-state index in [1.807, 2.05) is 6.92 Å². The molecule has 1 aromatic carbocycles. The minimum Gasteiger partial charge on any atom is -0.378 e. The van der Waals surface area contributed by atoms with Crippen LogP contribution in [0.2, 0.25) is 0 Å². The van der Waals surface area contributed by atoms with Gasteiger partial charge in [0.15, 0.2) is 17.2 Å². The Morgan fingerprint density at radius 1 is 1.12 bits per heavy atom. The fraction of sp³-hybridized carbons (Fsp3) is 0.385. The van der Waals surface area contributed by atoms with Crippen LogP contribution in [0.4, 0.5) is 37.8 Å². The molecule has 4 rings (SSSR count). The van der Waals surface area contributed by atoms with Crippen LogP contribution in [-0.2, 0) is 23.9 Å². The van der Waals surface area contributed by atoms with Crippen molar-refractivity contribution in [3.8, 4) is 11.3 Å². The first-order valence-corrected chi connectivity index (χ1v) is 12.9. The van der Waals surface area contributed by atoms with Gasteiger partial charge >= 0.3 is 12.4 Å². The molecule has 0 saturated heterocycles. The Bertz CT molecular complexity index is 1530. The molecular weight excluding hydrogens is 570 g/mol. The van der Waals surface area contributed by atoms with Gasteiger partial charge in [-0.25, -0.2) is 9.97 Å². The van der Waals surface area contributed by atoms with E-state index in [2.05, 4.69) is 25.7 Å². The zero-order valence-electron chi connectivity index (χ0n) is 22.4. The van der Waals surface area contributed by atoms with Gasteiger partial charge in [0.25, 0.3) is 5.91 Å². The second-order valence-corrected chi connectivity index (χ2v) is 9.14. The summed E-state index contributed by atoms with van der Waals surface area (Å²) in [6.45, 7) is 2.53. The minimum atomic E-state index is -4.92. The number of carbonyl (C=O) groups is 1. The number of aryl methyl sites for hydroxylation is 2. The molecule has 42 heavy (non-hydrogen) atoms. The van der Waals surface area contributed by atoms with Crippen LogP contribution in [0.15, 0.2) is 43.0 Å². The molecule has 0 aliphatic heterocycles. The number of nitrogens with one attached hydrogen (secondary N) is 2. The average molecular weight is 599 g/mol. The van der Waals surface area contributed by atoms with E-state index in [0.29, 0.717) is 48.7 Å². The van der Waals surface area contributed by atoms with Gasteiger partial charge in [0, 0.05) is 49.5 Å². The number of fused-ring (bicyclic) bond motifs is 1. The lowest BCUT2D eigenvalue weighted by Crippen LogP contribution is -2.28. The Morgan fingerprint density at radius 3 is 2.60 bits per heavy atom. The van der Waals surface area contributed by atoms with Gasteiger partial charge in [0.05, 0.1) is 37.1 Å². The van der Waals surface area contributed by atoms with Crippen molar-refractivity contribution in [1.29, 1.82) is 0 Å². The number of imidazole rings is 1. The van der Waals surface area contributed by atoms with Crippen molar-refractivity contribution < 1.29 is 35.9 Å². The number of anilines is 2. The number of rotatable bonds is 12. The summed E-state index contributed by atoms with van der Waals surface area (Å²) in [5.74, 6) is -0.0674. The van der Waals surface area contributed by atoms with E-state index in [4.69, 9.17) is 10.5 Å². The van der Waals surface area contributed by atoms with E-state index in [1.165, 1.54) is 23.0 Å². The average Bonchev–Trinajstić information content (AvgIpc) is 3.56. The highest BCUT2D eigenvalue weighted by molar-refractivity contribution is 5.96. The van der Waals surface area contributed by atoms with E-state index in [0.717, 1.165) is 11.8 Å². The van der Waals surface area contributed by atoms with Crippen molar-refractivity contribution in [3.63, 3.8) is 0 Å². The van der Waals surface area contributed by atoms with Gasteiger partial charge < -0.3 is 21.1 Å². The van der Waals surface area contributed by atoms with Crippen molar-refractivity contribution >= 4 is 23.1 Å². The Hall–Kier alpha value is -4.18. The van der Waals surface area contributed by atoms with E-state index >= 15 is 0 Å². The minimum absolute atomic E-state index is 0.0299. The maximum Gasteiger partial charge on any atom is 0.435 e. The zero-order valence-corrected chi connectivity index (χ0v) is 22.4. The van der Waals surface area contributed by atoms with E-state index in [-0.39, 0.29) is 23.1 Å². The normalized spacial score (nSPS) is 12.2. The molecule has 0 saturated carbocycles. The van der Waals surface area contributed by atoms with E-state index in [9.17, 15) is 31.1 Å². The predicted molar refractivity (Wildman–Crippen MR) is 141 cm³/mol. The van der Waals surface area contributed by atoms with Crippen LogP contribution in [0.5, 0.6) is 0 Å². The largest absolute Gasteiger partial charge is 0.435 e. The highest BCUT2D eigenvalue weighted by Gasteiger charge is 2.39. The third kappa shape index (κ3) is 7.36. The molecule has 3 heterocycles. The van der Waals surface area contributed by atoms with Gasteiger partial charge in [-0.15, -0.1) is 0 Å². The number of hydrogen-bond donors (Lipinski definition) is 3. The Kier molecular flexibility index (Phi) is 9.36. The summed E-state index contributed by atoms with van der Waals surface area (Å²) in [5.41, 5.74) is 5.51. The lowest BCUT2D eigenvalue weighted by atomic mass is 10.0. The highest BCUT2D eigenvalue weighted by atomic mass is 19.4. The summed E-state index contributed by atoms with van der Waals surface area (Å²) in [6, 6.07) is 5.04. The highest BCUT2D eigenvalue weighted by Crippen LogP contribution is 2.37. The molecule has 0 aliphatic rings. The number of hydrogen-bond acceptors (Lipinski definition) is 7. The smallest absolute Gasteiger partial charge is 0.378 e. The molecule has 0 aliphatic carbocycles. The molecule has 0 bridgehead atoms. The maximum absolute atomic E-state index is 13.8. The molecular formula is C26H28F6N8O2. The third-order valence-electron chi connectivity index (χ3n) is 6.15. The van der Waals surface area contributed by atoms with Gasteiger partial charge in [-0.1, -0.05) is 6.92 Å². The number of nitrogens with two attached hydrogens (primary N) is 1. The van der Waals surface area contributed by atoms with Gasteiger partial charge in [0.2, 0.25) is 0 Å². The first-order chi connectivity index (χ1) is 19.9. The first kappa shape index (κ1) is 30.8. The Labute approximate surface area is 235 Å². The number of ether oxygens (including phenoxy) is 1. The summed E-state index contributed by atoms with van der Waals surface area (Å²) >= 11 is 0.